The van der Waals surface area contributed by atoms with Crippen LogP contribution < -0.4 is 4.74 Å². The minimum Gasteiger partial charge on any atom is -0.436 e. The quantitative estimate of drug-likeness (QED) is 0.777. The molecule has 0 radical (unpaired) electrons. The summed E-state index contributed by atoms with van der Waals surface area (Å²) in [7, 11) is 0. The first kappa shape index (κ1) is 18.8. The topological polar surface area (TPSA) is 80.7 Å². The maximum Gasteiger partial charge on any atom is 0.238 e. The number of pyridine rings is 1. The van der Waals surface area contributed by atoms with Crippen molar-refractivity contribution in [2.45, 2.75) is 18.8 Å². The molecule has 2 aromatic rings. The van der Waals surface area contributed by atoms with Gasteiger partial charge in [0.2, 0.25) is 11.8 Å². The van der Waals surface area contributed by atoms with Gasteiger partial charge in [-0.15, -0.1) is 0 Å². The molecule has 148 valence electrons. The van der Waals surface area contributed by atoms with Crippen LogP contribution in [0.15, 0.2) is 36.9 Å². The number of rotatable bonds is 5. The minimum atomic E-state index is 0.173. The molecule has 2 aliphatic rings. The van der Waals surface area contributed by atoms with Crippen molar-refractivity contribution in [1.29, 1.82) is 0 Å². The highest BCUT2D eigenvalue weighted by atomic mass is 16.5. The van der Waals surface area contributed by atoms with Crippen molar-refractivity contribution in [2.75, 3.05) is 45.9 Å². The maximum absolute atomic E-state index is 12.7. The van der Waals surface area contributed by atoms with Gasteiger partial charge >= 0.3 is 0 Å². The Hall–Kier alpha value is -2.58. The van der Waals surface area contributed by atoms with E-state index >= 15 is 0 Å². The van der Waals surface area contributed by atoms with Gasteiger partial charge in [0.1, 0.15) is 5.75 Å². The summed E-state index contributed by atoms with van der Waals surface area (Å²) in [5.74, 6) is 1.43. The van der Waals surface area contributed by atoms with E-state index in [0.717, 1.165) is 38.2 Å². The Labute approximate surface area is 164 Å². The van der Waals surface area contributed by atoms with Crippen LogP contribution in [0.1, 0.15) is 24.5 Å². The molecule has 2 aliphatic heterocycles. The molecule has 0 N–H and O–H groups in total. The lowest BCUT2D eigenvalue weighted by Gasteiger charge is -2.34. The van der Waals surface area contributed by atoms with Crippen molar-refractivity contribution >= 4 is 5.91 Å². The van der Waals surface area contributed by atoms with E-state index in [1.807, 2.05) is 17.0 Å². The first-order chi connectivity index (χ1) is 13.8. The highest BCUT2D eigenvalue weighted by Crippen LogP contribution is 2.27. The summed E-state index contributed by atoms with van der Waals surface area (Å²) in [6, 6.07) is 3.64. The molecular weight excluding hydrogens is 358 g/mol. The van der Waals surface area contributed by atoms with Gasteiger partial charge in [-0.25, -0.2) is 4.98 Å². The van der Waals surface area contributed by atoms with E-state index in [9.17, 15) is 4.79 Å². The predicted octanol–water partition coefficient (Wildman–Crippen LogP) is 1.70. The van der Waals surface area contributed by atoms with Crippen molar-refractivity contribution in [1.82, 2.24) is 24.8 Å². The Morgan fingerprint density at radius 2 is 2.07 bits per heavy atom. The van der Waals surface area contributed by atoms with E-state index in [4.69, 9.17) is 9.47 Å². The lowest BCUT2D eigenvalue weighted by Crippen LogP contribution is -2.47. The van der Waals surface area contributed by atoms with E-state index in [2.05, 4.69) is 19.9 Å². The fraction of sp³-hybridized carbons (Fsp3) is 0.500. The number of carbonyl (C=O) groups is 1. The van der Waals surface area contributed by atoms with Gasteiger partial charge in [-0.2, -0.15) is 0 Å². The first-order valence-corrected chi connectivity index (χ1v) is 9.75. The summed E-state index contributed by atoms with van der Waals surface area (Å²) in [5.41, 5.74) is 0.866. The second kappa shape index (κ2) is 9.07. The minimum absolute atomic E-state index is 0.173. The number of aromatic nitrogens is 3. The normalized spacial score (nSPS) is 20.7. The zero-order chi connectivity index (χ0) is 19.2. The number of ether oxygens (including phenoxy) is 2. The van der Waals surface area contributed by atoms with Crippen LogP contribution in [0.2, 0.25) is 0 Å². The zero-order valence-electron chi connectivity index (χ0n) is 15.9. The smallest absolute Gasteiger partial charge is 0.238 e. The number of hydrogen-bond acceptors (Lipinski definition) is 7. The average Bonchev–Trinajstić information content (AvgIpc) is 2.75. The molecule has 0 spiro atoms. The lowest BCUT2D eigenvalue weighted by atomic mass is 9.95. The molecule has 4 heterocycles. The van der Waals surface area contributed by atoms with E-state index in [0.29, 0.717) is 37.9 Å². The number of nitrogens with zero attached hydrogens (tertiary/aromatic N) is 5. The molecule has 2 aromatic heterocycles. The highest BCUT2D eigenvalue weighted by molar-refractivity contribution is 5.78. The third-order valence-electron chi connectivity index (χ3n) is 5.14. The molecule has 8 heteroatoms. The van der Waals surface area contributed by atoms with Gasteiger partial charge in [-0.1, -0.05) is 0 Å². The highest BCUT2D eigenvalue weighted by Gasteiger charge is 2.27. The van der Waals surface area contributed by atoms with Gasteiger partial charge in [0.05, 0.1) is 37.8 Å². The first-order valence-electron chi connectivity index (χ1n) is 9.75. The molecular formula is C20H25N5O3. The van der Waals surface area contributed by atoms with Gasteiger partial charge < -0.3 is 14.4 Å². The van der Waals surface area contributed by atoms with Crippen molar-refractivity contribution < 1.29 is 14.3 Å². The van der Waals surface area contributed by atoms with Crippen LogP contribution in [0.25, 0.3) is 0 Å². The number of carbonyl (C=O) groups excluding carboxylic acids is 1. The van der Waals surface area contributed by atoms with Crippen LogP contribution in [0.5, 0.6) is 11.6 Å². The SMILES string of the molecule is O=C(CN1CCOCC1)N1CCCC(c2cncc(Oc3cccnc3)n2)C1. The predicted molar refractivity (Wildman–Crippen MR) is 102 cm³/mol. The molecule has 0 saturated carbocycles. The van der Waals surface area contributed by atoms with Gasteiger partial charge in [0, 0.05) is 44.5 Å². The molecule has 1 unspecified atom stereocenters. The third-order valence-corrected chi connectivity index (χ3v) is 5.14. The zero-order valence-corrected chi connectivity index (χ0v) is 15.9. The number of morpholine rings is 1. The number of piperidine rings is 1. The molecule has 8 nitrogen and oxygen atoms in total. The standard InChI is InChI=1S/C20H25N5O3/c26-20(15-24-7-9-27-10-8-24)25-6-2-3-16(14-25)18-12-22-13-19(23-18)28-17-4-1-5-21-11-17/h1,4-5,11-13,16H,2-3,6-10,14-15H2. The molecule has 1 amide bonds. The van der Waals surface area contributed by atoms with Crippen molar-refractivity contribution in [2.24, 2.45) is 0 Å². The summed E-state index contributed by atoms with van der Waals surface area (Å²) < 4.78 is 11.1. The molecule has 4 rings (SSSR count). The van der Waals surface area contributed by atoms with Crippen LogP contribution in [0, 0.1) is 0 Å². The Morgan fingerprint density at radius 3 is 2.89 bits per heavy atom. The van der Waals surface area contributed by atoms with Crippen molar-refractivity contribution in [3.8, 4) is 11.6 Å². The van der Waals surface area contributed by atoms with Crippen LogP contribution >= 0.6 is 0 Å². The Bertz CT molecular complexity index is 782. The third kappa shape index (κ3) is 4.82. The molecule has 2 saturated heterocycles. The van der Waals surface area contributed by atoms with Crippen LogP contribution in [-0.4, -0.2) is 76.6 Å². The summed E-state index contributed by atoms with van der Waals surface area (Å²) in [6.07, 6.45) is 8.67. The van der Waals surface area contributed by atoms with Gasteiger partial charge in [0.15, 0.2) is 0 Å². The average molecular weight is 383 g/mol. The van der Waals surface area contributed by atoms with Gasteiger partial charge in [-0.3, -0.25) is 19.7 Å². The van der Waals surface area contributed by atoms with Crippen LogP contribution in [-0.2, 0) is 9.53 Å². The second-order valence-corrected chi connectivity index (χ2v) is 7.14. The number of amides is 1. The molecule has 2 fully saturated rings. The van der Waals surface area contributed by atoms with Crippen LogP contribution in [0.4, 0.5) is 0 Å². The monoisotopic (exact) mass is 383 g/mol. The van der Waals surface area contributed by atoms with E-state index in [1.54, 1.807) is 24.8 Å². The molecule has 28 heavy (non-hydrogen) atoms. The largest absolute Gasteiger partial charge is 0.436 e. The Balaban J connectivity index is 1.38. The molecule has 0 aromatic carbocycles. The van der Waals surface area contributed by atoms with Gasteiger partial charge in [0.25, 0.3) is 0 Å². The Kier molecular flexibility index (Phi) is 6.08. The fourth-order valence-corrected chi connectivity index (χ4v) is 3.63. The van der Waals surface area contributed by atoms with E-state index in [1.165, 1.54) is 0 Å². The number of hydrogen-bond donors (Lipinski definition) is 0. The summed E-state index contributed by atoms with van der Waals surface area (Å²) >= 11 is 0. The van der Waals surface area contributed by atoms with Crippen LogP contribution in [0.3, 0.4) is 0 Å². The molecule has 0 aliphatic carbocycles. The summed E-state index contributed by atoms with van der Waals surface area (Å²) in [5, 5.41) is 0. The lowest BCUT2D eigenvalue weighted by molar-refractivity contribution is -0.134. The summed E-state index contributed by atoms with van der Waals surface area (Å²) in [4.78, 5) is 29.8. The summed E-state index contributed by atoms with van der Waals surface area (Å²) in [6.45, 7) is 4.99. The van der Waals surface area contributed by atoms with E-state index in [-0.39, 0.29) is 11.8 Å². The van der Waals surface area contributed by atoms with E-state index < -0.39 is 0 Å². The number of likely N-dealkylation sites (tertiary alicyclic amines) is 1. The van der Waals surface area contributed by atoms with Gasteiger partial charge in [-0.05, 0) is 25.0 Å². The molecule has 1 atom stereocenters. The Morgan fingerprint density at radius 1 is 1.18 bits per heavy atom. The van der Waals surface area contributed by atoms with Crippen molar-refractivity contribution in [3.05, 3.63) is 42.6 Å². The second-order valence-electron chi connectivity index (χ2n) is 7.14. The molecule has 0 bridgehead atoms. The van der Waals surface area contributed by atoms with Crippen molar-refractivity contribution in [3.63, 3.8) is 0 Å². The fourth-order valence-electron chi connectivity index (χ4n) is 3.63. The maximum atomic E-state index is 12.7.